The number of amides is 1. The number of aromatic nitrogens is 3. The molecule has 2 rings (SSSR count). The molecule has 1 heterocycles. The molecule has 2 aromatic rings. The van der Waals surface area contributed by atoms with Gasteiger partial charge in [0.05, 0.1) is 15.5 Å². The number of carbonyl (C=O) groups is 1. The molecule has 112 valence electrons. The summed E-state index contributed by atoms with van der Waals surface area (Å²) in [6.07, 6.45) is 1.73. The van der Waals surface area contributed by atoms with Crippen LogP contribution in [-0.2, 0) is 16.3 Å². The monoisotopic (exact) mass is 328 g/mol. The van der Waals surface area contributed by atoms with Crippen LogP contribution in [0.25, 0.3) is 0 Å². The number of anilines is 1. The van der Waals surface area contributed by atoms with Gasteiger partial charge in [0, 0.05) is 12.7 Å². The van der Waals surface area contributed by atoms with Gasteiger partial charge in [-0.25, -0.2) is 8.42 Å². The van der Waals surface area contributed by atoms with Crippen molar-refractivity contribution in [1.29, 1.82) is 0 Å². The number of benzene rings is 1. The van der Waals surface area contributed by atoms with E-state index in [1.54, 1.807) is 0 Å². The Labute approximate surface area is 126 Å². The highest BCUT2D eigenvalue weighted by Crippen LogP contribution is 2.21. The average Bonchev–Trinajstić information content (AvgIpc) is 2.85. The Morgan fingerprint density at radius 2 is 2.14 bits per heavy atom. The van der Waals surface area contributed by atoms with Crippen molar-refractivity contribution in [2.45, 2.75) is 18.2 Å². The molecular weight excluding hydrogens is 316 g/mol. The number of hydrogen-bond donors (Lipinski definition) is 2. The Balaban J connectivity index is 2.23. The zero-order chi connectivity index (χ0) is 15.6. The van der Waals surface area contributed by atoms with Crippen LogP contribution in [0.2, 0.25) is 5.02 Å². The lowest BCUT2D eigenvalue weighted by Gasteiger charge is -2.05. The summed E-state index contributed by atoms with van der Waals surface area (Å²) in [5.74, 6) is 0.269. The molecule has 0 bridgehead atoms. The first kappa shape index (κ1) is 15.5. The summed E-state index contributed by atoms with van der Waals surface area (Å²) in [5, 5.41) is 9.03. The Kier molecular flexibility index (Phi) is 4.29. The lowest BCUT2D eigenvalue weighted by atomic mass is 10.2. The van der Waals surface area contributed by atoms with E-state index < -0.39 is 15.7 Å². The van der Waals surface area contributed by atoms with Gasteiger partial charge in [-0.3, -0.25) is 15.2 Å². The predicted octanol–water partition coefficient (Wildman–Crippen LogP) is 1.68. The Morgan fingerprint density at radius 1 is 1.43 bits per heavy atom. The van der Waals surface area contributed by atoms with Gasteiger partial charge in [-0.1, -0.05) is 18.5 Å². The maximum atomic E-state index is 12.1. The van der Waals surface area contributed by atoms with Crippen LogP contribution in [0.5, 0.6) is 0 Å². The number of nitrogens with zero attached hydrogens (tertiary/aromatic N) is 2. The van der Waals surface area contributed by atoms with E-state index in [0.717, 1.165) is 6.26 Å². The van der Waals surface area contributed by atoms with Crippen LogP contribution in [0.15, 0.2) is 23.1 Å². The van der Waals surface area contributed by atoms with Gasteiger partial charge in [-0.15, -0.1) is 5.10 Å². The average molecular weight is 329 g/mol. The molecule has 1 aromatic carbocycles. The molecule has 0 unspecified atom stereocenters. The van der Waals surface area contributed by atoms with Crippen molar-refractivity contribution < 1.29 is 13.2 Å². The number of aryl methyl sites for hydroxylation is 1. The third kappa shape index (κ3) is 3.59. The molecule has 0 spiro atoms. The molecule has 2 N–H and O–H groups in total. The molecule has 0 aliphatic heterocycles. The fourth-order valence-corrected chi connectivity index (χ4v) is 2.57. The summed E-state index contributed by atoms with van der Waals surface area (Å²) in [5.41, 5.74) is 0.145. The first-order chi connectivity index (χ1) is 9.81. The molecule has 1 amide bonds. The zero-order valence-electron chi connectivity index (χ0n) is 11.3. The fourth-order valence-electron chi connectivity index (χ4n) is 1.59. The Hall–Kier alpha value is -1.93. The van der Waals surface area contributed by atoms with Crippen molar-refractivity contribution in [3.8, 4) is 0 Å². The summed E-state index contributed by atoms with van der Waals surface area (Å²) in [4.78, 5) is 16.1. The molecule has 9 heteroatoms. The lowest BCUT2D eigenvalue weighted by Crippen LogP contribution is -2.14. The van der Waals surface area contributed by atoms with Gasteiger partial charge in [0.1, 0.15) is 5.82 Å². The highest BCUT2D eigenvalue weighted by Gasteiger charge is 2.16. The molecule has 0 aliphatic carbocycles. The van der Waals surface area contributed by atoms with Crippen molar-refractivity contribution in [3.05, 3.63) is 34.6 Å². The maximum absolute atomic E-state index is 12.1. The second kappa shape index (κ2) is 5.82. The van der Waals surface area contributed by atoms with Crippen LogP contribution >= 0.6 is 11.6 Å². The van der Waals surface area contributed by atoms with Gasteiger partial charge in [0.25, 0.3) is 5.91 Å². The van der Waals surface area contributed by atoms with Crippen LogP contribution in [-0.4, -0.2) is 35.8 Å². The van der Waals surface area contributed by atoms with Crippen LogP contribution < -0.4 is 5.32 Å². The number of halogens is 1. The van der Waals surface area contributed by atoms with Crippen LogP contribution in [0.4, 0.5) is 5.95 Å². The molecule has 1 aromatic heterocycles. The quantitative estimate of drug-likeness (QED) is 0.888. The fraction of sp³-hybridized carbons (Fsp3) is 0.250. The largest absolute Gasteiger partial charge is 0.289 e. The summed E-state index contributed by atoms with van der Waals surface area (Å²) in [6.45, 7) is 1.90. The van der Waals surface area contributed by atoms with Gasteiger partial charge in [0.15, 0.2) is 9.84 Å². The van der Waals surface area contributed by atoms with Crippen molar-refractivity contribution in [1.82, 2.24) is 15.2 Å². The van der Waals surface area contributed by atoms with Crippen LogP contribution in [0.3, 0.4) is 0 Å². The standard InChI is InChI=1S/C12H13ClN4O3S/c1-3-10-14-12(17-16-10)15-11(18)8-5-4-7(6-9(8)13)21(2,19)20/h4-6H,3H2,1-2H3,(H2,14,15,16,17,18). The van der Waals surface area contributed by atoms with Gasteiger partial charge < -0.3 is 0 Å². The third-order valence-electron chi connectivity index (χ3n) is 2.71. The Morgan fingerprint density at radius 3 is 2.67 bits per heavy atom. The van der Waals surface area contributed by atoms with E-state index in [1.165, 1.54) is 18.2 Å². The summed E-state index contributed by atoms with van der Waals surface area (Å²) < 4.78 is 22.8. The predicted molar refractivity (Wildman–Crippen MR) is 78.3 cm³/mol. The molecule has 0 atom stereocenters. The van der Waals surface area contributed by atoms with Crippen molar-refractivity contribution in [3.63, 3.8) is 0 Å². The molecule has 0 radical (unpaired) electrons. The van der Waals surface area contributed by atoms with Gasteiger partial charge >= 0.3 is 0 Å². The van der Waals surface area contributed by atoms with Crippen molar-refractivity contribution >= 4 is 33.3 Å². The molecule has 0 saturated heterocycles. The van der Waals surface area contributed by atoms with E-state index >= 15 is 0 Å². The second-order valence-electron chi connectivity index (χ2n) is 4.33. The minimum absolute atomic E-state index is 0.0432. The summed E-state index contributed by atoms with van der Waals surface area (Å²) in [6, 6.07) is 3.91. The number of hydrogen-bond acceptors (Lipinski definition) is 5. The van der Waals surface area contributed by atoms with E-state index in [9.17, 15) is 13.2 Å². The molecular formula is C12H13ClN4O3S. The topological polar surface area (TPSA) is 105 Å². The van der Waals surface area contributed by atoms with E-state index in [0.29, 0.717) is 12.2 Å². The van der Waals surface area contributed by atoms with Gasteiger partial charge in [0.2, 0.25) is 5.95 Å². The van der Waals surface area contributed by atoms with Crippen molar-refractivity contribution in [2.24, 2.45) is 0 Å². The molecule has 0 saturated carbocycles. The normalized spacial score (nSPS) is 11.4. The number of carbonyl (C=O) groups excluding carboxylic acids is 1. The molecule has 21 heavy (non-hydrogen) atoms. The SMILES string of the molecule is CCc1nc(NC(=O)c2ccc(S(C)(=O)=O)cc2Cl)n[nH]1. The zero-order valence-corrected chi connectivity index (χ0v) is 12.9. The number of nitrogens with one attached hydrogen (secondary N) is 2. The lowest BCUT2D eigenvalue weighted by molar-refractivity contribution is 0.102. The van der Waals surface area contributed by atoms with Crippen LogP contribution in [0.1, 0.15) is 23.1 Å². The number of rotatable bonds is 4. The molecule has 0 aliphatic rings. The summed E-state index contributed by atoms with van der Waals surface area (Å²) in [7, 11) is -3.37. The second-order valence-corrected chi connectivity index (χ2v) is 6.75. The van der Waals surface area contributed by atoms with E-state index in [-0.39, 0.29) is 21.4 Å². The first-order valence-electron chi connectivity index (χ1n) is 6.03. The molecule has 7 nitrogen and oxygen atoms in total. The van der Waals surface area contributed by atoms with Crippen molar-refractivity contribution in [2.75, 3.05) is 11.6 Å². The minimum Gasteiger partial charge on any atom is -0.289 e. The highest BCUT2D eigenvalue weighted by molar-refractivity contribution is 7.90. The Bertz CT molecular complexity index is 786. The first-order valence-corrected chi connectivity index (χ1v) is 8.30. The van der Waals surface area contributed by atoms with E-state index in [4.69, 9.17) is 11.6 Å². The van der Waals surface area contributed by atoms with E-state index in [1.807, 2.05) is 6.92 Å². The maximum Gasteiger partial charge on any atom is 0.259 e. The van der Waals surface area contributed by atoms with Gasteiger partial charge in [-0.05, 0) is 18.2 Å². The number of aromatic amines is 1. The highest BCUT2D eigenvalue weighted by atomic mass is 35.5. The number of sulfone groups is 1. The smallest absolute Gasteiger partial charge is 0.259 e. The molecule has 0 fully saturated rings. The summed E-state index contributed by atoms with van der Waals surface area (Å²) >= 11 is 5.96. The van der Waals surface area contributed by atoms with E-state index in [2.05, 4.69) is 20.5 Å². The van der Waals surface area contributed by atoms with Gasteiger partial charge in [-0.2, -0.15) is 4.98 Å². The van der Waals surface area contributed by atoms with Crippen LogP contribution in [0, 0.1) is 0 Å². The minimum atomic E-state index is -3.37. The number of H-pyrrole nitrogens is 1. The third-order valence-corrected chi connectivity index (χ3v) is 4.13.